The summed E-state index contributed by atoms with van der Waals surface area (Å²) in [5.74, 6) is 0.999. The minimum Gasteiger partial charge on any atom is -0.461 e. The van der Waals surface area contributed by atoms with Crippen molar-refractivity contribution in [1.82, 2.24) is 4.98 Å². The van der Waals surface area contributed by atoms with Gasteiger partial charge in [-0.25, -0.2) is 0 Å². The van der Waals surface area contributed by atoms with Crippen LogP contribution in [0.2, 0.25) is 0 Å². The number of aromatic amines is 1. The second-order valence-corrected chi connectivity index (χ2v) is 7.25. The highest BCUT2D eigenvalue weighted by Crippen LogP contribution is 2.38. The van der Waals surface area contributed by atoms with Gasteiger partial charge in [-0.1, -0.05) is 36.4 Å². The van der Waals surface area contributed by atoms with Crippen molar-refractivity contribution in [3.05, 3.63) is 89.5 Å². The summed E-state index contributed by atoms with van der Waals surface area (Å²) >= 11 is 0. The molecule has 2 aromatic heterocycles. The van der Waals surface area contributed by atoms with Crippen LogP contribution in [-0.4, -0.2) is 11.5 Å². The minimum absolute atomic E-state index is 0.129. The van der Waals surface area contributed by atoms with Gasteiger partial charge in [-0.2, -0.15) is 0 Å². The van der Waals surface area contributed by atoms with Gasteiger partial charge in [0.05, 0.1) is 18.5 Å². The maximum absolute atomic E-state index is 5.79. The molecule has 0 saturated carbocycles. The van der Waals surface area contributed by atoms with E-state index in [0.717, 1.165) is 18.7 Å². The van der Waals surface area contributed by atoms with Crippen molar-refractivity contribution in [3.63, 3.8) is 0 Å². The van der Waals surface area contributed by atoms with Crippen molar-refractivity contribution in [2.75, 3.05) is 11.9 Å². The zero-order valence-corrected chi connectivity index (χ0v) is 14.3. The number of aromatic nitrogens is 1. The van der Waals surface area contributed by atoms with E-state index in [1.54, 1.807) is 6.26 Å². The van der Waals surface area contributed by atoms with Gasteiger partial charge in [0.2, 0.25) is 6.17 Å². The van der Waals surface area contributed by atoms with Gasteiger partial charge in [-0.3, -0.25) is 4.90 Å². The summed E-state index contributed by atoms with van der Waals surface area (Å²) in [5.41, 5.74) is 6.64. The molecule has 0 radical (unpaired) electrons. The fourth-order valence-electron chi connectivity index (χ4n) is 4.84. The number of para-hydroxylation sites is 2. The fraction of sp³-hybridized carbons (Fsp3) is 0.182. The SMILES string of the molecule is c1coc([C@H]2Nc3ccccc3[C@@H]3c4[nH]c5ccccc5c4CC[NH+]32)c1. The first-order chi connectivity index (χ1) is 12.9. The Hall–Kier alpha value is -2.98. The molecule has 2 aliphatic rings. The van der Waals surface area contributed by atoms with Crippen LogP contribution >= 0.6 is 0 Å². The zero-order valence-electron chi connectivity index (χ0n) is 14.3. The molecular weight excluding hydrogens is 322 g/mol. The second kappa shape index (κ2) is 5.26. The highest BCUT2D eigenvalue weighted by molar-refractivity contribution is 5.85. The molecule has 6 rings (SSSR count). The lowest BCUT2D eigenvalue weighted by Crippen LogP contribution is -3.15. The van der Waals surface area contributed by atoms with Gasteiger partial charge in [0.1, 0.15) is 0 Å². The van der Waals surface area contributed by atoms with E-state index in [1.165, 1.54) is 38.3 Å². The number of hydrogen-bond acceptors (Lipinski definition) is 2. The van der Waals surface area contributed by atoms with Crippen LogP contribution in [0.4, 0.5) is 5.69 Å². The number of hydrogen-bond donors (Lipinski definition) is 3. The van der Waals surface area contributed by atoms with Crippen LogP contribution in [0, 0.1) is 0 Å². The van der Waals surface area contributed by atoms with Gasteiger partial charge < -0.3 is 14.7 Å². The number of benzene rings is 2. The smallest absolute Gasteiger partial charge is 0.221 e. The third-order valence-corrected chi connectivity index (χ3v) is 5.94. The largest absolute Gasteiger partial charge is 0.461 e. The summed E-state index contributed by atoms with van der Waals surface area (Å²) in [6.45, 7) is 1.08. The molecule has 0 saturated heterocycles. The summed E-state index contributed by atoms with van der Waals surface area (Å²) in [6.07, 6.45) is 2.97. The van der Waals surface area contributed by atoms with Gasteiger partial charge >= 0.3 is 0 Å². The lowest BCUT2D eigenvalue weighted by Gasteiger charge is -2.42. The molecule has 3 N–H and O–H groups in total. The molecule has 4 heteroatoms. The van der Waals surface area contributed by atoms with Crippen LogP contribution in [0.3, 0.4) is 0 Å². The van der Waals surface area contributed by atoms with Gasteiger partial charge in [0.15, 0.2) is 11.8 Å². The Morgan fingerprint density at radius 2 is 1.85 bits per heavy atom. The minimum atomic E-state index is 0.129. The Morgan fingerprint density at radius 3 is 2.77 bits per heavy atom. The monoisotopic (exact) mass is 342 g/mol. The highest BCUT2D eigenvalue weighted by atomic mass is 16.3. The number of furan rings is 1. The average molecular weight is 342 g/mol. The number of nitrogens with one attached hydrogen (secondary N) is 3. The third-order valence-electron chi connectivity index (χ3n) is 5.94. The van der Waals surface area contributed by atoms with E-state index in [0.29, 0.717) is 6.04 Å². The molecule has 0 amide bonds. The molecule has 128 valence electrons. The van der Waals surface area contributed by atoms with Crippen LogP contribution in [0.25, 0.3) is 10.9 Å². The maximum atomic E-state index is 5.79. The predicted molar refractivity (Wildman–Crippen MR) is 101 cm³/mol. The number of rotatable bonds is 1. The number of fused-ring (bicyclic) bond motifs is 7. The summed E-state index contributed by atoms with van der Waals surface area (Å²) in [5, 5.41) is 5.09. The first-order valence-electron chi connectivity index (χ1n) is 9.24. The van der Waals surface area contributed by atoms with E-state index in [9.17, 15) is 0 Å². The third kappa shape index (κ3) is 1.88. The quantitative estimate of drug-likeness (QED) is 0.496. The Labute approximate surface area is 151 Å². The molecule has 4 nitrogen and oxygen atoms in total. The molecule has 4 heterocycles. The number of anilines is 1. The van der Waals surface area contributed by atoms with Crippen LogP contribution in [0.5, 0.6) is 0 Å². The Morgan fingerprint density at radius 1 is 0.962 bits per heavy atom. The summed E-state index contributed by atoms with van der Waals surface area (Å²) in [6, 6.07) is 21.7. The van der Waals surface area contributed by atoms with Gasteiger partial charge in [0, 0.05) is 28.6 Å². The van der Waals surface area contributed by atoms with Crippen molar-refractivity contribution in [2.24, 2.45) is 0 Å². The Bertz CT molecular complexity index is 1100. The lowest BCUT2D eigenvalue weighted by molar-refractivity contribution is -0.957. The molecule has 3 atom stereocenters. The summed E-state index contributed by atoms with van der Waals surface area (Å²) in [7, 11) is 0. The predicted octanol–water partition coefficient (Wildman–Crippen LogP) is 3.42. The van der Waals surface area contributed by atoms with E-state index in [4.69, 9.17) is 4.42 Å². The molecule has 0 spiro atoms. The second-order valence-electron chi connectivity index (χ2n) is 7.25. The van der Waals surface area contributed by atoms with Crippen molar-refractivity contribution in [3.8, 4) is 0 Å². The lowest BCUT2D eigenvalue weighted by atomic mass is 9.89. The van der Waals surface area contributed by atoms with E-state index in [2.05, 4.69) is 64.9 Å². The molecule has 1 unspecified atom stereocenters. The molecule has 26 heavy (non-hydrogen) atoms. The van der Waals surface area contributed by atoms with E-state index in [1.807, 2.05) is 6.07 Å². The molecule has 4 aromatic rings. The molecule has 0 aliphatic carbocycles. The molecular formula is C22H20N3O+. The first kappa shape index (κ1) is 14.2. The Kier molecular flexibility index (Phi) is 2.87. The summed E-state index contributed by atoms with van der Waals surface area (Å²) in [4.78, 5) is 5.24. The Balaban J connectivity index is 1.59. The van der Waals surface area contributed by atoms with Crippen molar-refractivity contribution in [2.45, 2.75) is 18.6 Å². The van der Waals surface area contributed by atoms with Crippen molar-refractivity contribution >= 4 is 16.6 Å². The topological polar surface area (TPSA) is 45.4 Å². The maximum Gasteiger partial charge on any atom is 0.221 e. The average Bonchev–Trinajstić information content (AvgIpc) is 3.34. The molecule has 0 bridgehead atoms. The summed E-state index contributed by atoms with van der Waals surface area (Å²) < 4.78 is 5.79. The molecule has 2 aliphatic heterocycles. The van der Waals surface area contributed by atoms with Crippen molar-refractivity contribution < 1.29 is 9.32 Å². The van der Waals surface area contributed by atoms with E-state index < -0.39 is 0 Å². The molecule has 0 fully saturated rings. The van der Waals surface area contributed by atoms with Crippen LogP contribution in [-0.2, 0) is 6.42 Å². The van der Waals surface area contributed by atoms with E-state index >= 15 is 0 Å². The normalized spacial score (nSPS) is 23.8. The van der Waals surface area contributed by atoms with E-state index in [-0.39, 0.29) is 6.17 Å². The van der Waals surface area contributed by atoms with Crippen molar-refractivity contribution in [1.29, 1.82) is 0 Å². The number of H-pyrrole nitrogens is 1. The van der Waals surface area contributed by atoms with Gasteiger partial charge in [-0.05, 0) is 29.8 Å². The van der Waals surface area contributed by atoms with Gasteiger partial charge in [0.25, 0.3) is 0 Å². The van der Waals surface area contributed by atoms with Crippen LogP contribution in [0.15, 0.2) is 71.3 Å². The zero-order chi connectivity index (χ0) is 17.1. The fourth-order valence-corrected chi connectivity index (χ4v) is 4.84. The number of quaternary nitrogens is 1. The highest BCUT2D eigenvalue weighted by Gasteiger charge is 2.45. The van der Waals surface area contributed by atoms with Crippen LogP contribution < -0.4 is 10.2 Å². The standard InChI is InChI=1S/C22H19N3O/c1-3-8-17-14(6-1)15-11-12-25-21(20(15)23-17)16-7-2-4-9-18(16)24-22(25)19-10-5-13-26-19/h1-10,13,21-24H,11-12H2/p+1/t21-,22+/m1/s1. The van der Waals surface area contributed by atoms with Crippen LogP contribution in [0.1, 0.15) is 34.8 Å². The first-order valence-corrected chi connectivity index (χ1v) is 9.24. The molecule has 2 aromatic carbocycles. The van der Waals surface area contributed by atoms with Gasteiger partial charge in [-0.15, -0.1) is 0 Å².